The third-order valence-electron chi connectivity index (χ3n) is 1.53. The SMILES string of the molecule is CCN(CC)C(=S)OCCCCl. The molecule has 0 amide bonds. The summed E-state index contributed by atoms with van der Waals surface area (Å²) in [6.45, 7) is 6.53. The summed E-state index contributed by atoms with van der Waals surface area (Å²) in [6.07, 6.45) is 0.850. The van der Waals surface area contributed by atoms with Crippen molar-refractivity contribution in [3.05, 3.63) is 0 Å². The molecule has 0 aliphatic carbocycles. The van der Waals surface area contributed by atoms with Crippen LogP contribution in [0, 0.1) is 0 Å². The van der Waals surface area contributed by atoms with Crippen LogP contribution in [0.5, 0.6) is 0 Å². The van der Waals surface area contributed by atoms with E-state index in [2.05, 4.69) is 13.8 Å². The van der Waals surface area contributed by atoms with Crippen LogP contribution in [0.1, 0.15) is 20.3 Å². The molecule has 4 heteroatoms. The van der Waals surface area contributed by atoms with E-state index in [0.29, 0.717) is 17.7 Å². The number of alkyl halides is 1. The fourth-order valence-electron chi connectivity index (χ4n) is 0.787. The normalized spacial score (nSPS) is 9.58. The topological polar surface area (TPSA) is 12.5 Å². The minimum Gasteiger partial charge on any atom is -0.471 e. The van der Waals surface area contributed by atoms with E-state index in [1.165, 1.54) is 0 Å². The van der Waals surface area contributed by atoms with Crippen LogP contribution in [0.3, 0.4) is 0 Å². The van der Waals surface area contributed by atoms with Gasteiger partial charge in [0.25, 0.3) is 5.17 Å². The predicted molar refractivity (Wildman–Crippen MR) is 56.8 cm³/mol. The fourth-order valence-corrected chi connectivity index (χ4v) is 1.24. The van der Waals surface area contributed by atoms with Gasteiger partial charge in [-0.2, -0.15) is 0 Å². The molecule has 72 valence electrons. The number of ether oxygens (including phenoxy) is 1. The molecule has 0 atom stereocenters. The maximum absolute atomic E-state index is 5.50. The van der Waals surface area contributed by atoms with E-state index < -0.39 is 0 Å². The molecule has 0 aromatic heterocycles. The third-order valence-corrected chi connectivity index (χ3v) is 2.17. The van der Waals surface area contributed by atoms with E-state index in [0.717, 1.165) is 19.5 Å². The van der Waals surface area contributed by atoms with Crippen molar-refractivity contribution in [2.45, 2.75) is 20.3 Å². The molecule has 0 N–H and O–H groups in total. The average Bonchev–Trinajstić information content (AvgIpc) is 2.07. The molecule has 2 nitrogen and oxygen atoms in total. The Hall–Kier alpha value is -0.0200. The van der Waals surface area contributed by atoms with E-state index in [1.807, 2.05) is 4.90 Å². The number of thiocarbonyl (C=S) groups is 1. The van der Waals surface area contributed by atoms with Crippen molar-refractivity contribution in [2.75, 3.05) is 25.6 Å². The second kappa shape index (κ2) is 7.62. The van der Waals surface area contributed by atoms with Crippen LogP contribution in [0.4, 0.5) is 0 Å². The van der Waals surface area contributed by atoms with Gasteiger partial charge in [-0.05, 0) is 32.5 Å². The zero-order valence-electron chi connectivity index (χ0n) is 7.68. The molecule has 0 saturated heterocycles. The molecular weight excluding hydrogens is 194 g/mol. The molecule has 0 aromatic rings. The van der Waals surface area contributed by atoms with Crippen molar-refractivity contribution < 1.29 is 4.74 Å². The highest BCUT2D eigenvalue weighted by molar-refractivity contribution is 7.80. The second-order valence-electron chi connectivity index (χ2n) is 2.33. The van der Waals surface area contributed by atoms with Gasteiger partial charge in [0.2, 0.25) is 0 Å². The first-order chi connectivity index (χ1) is 5.76. The van der Waals surface area contributed by atoms with E-state index >= 15 is 0 Å². The van der Waals surface area contributed by atoms with Crippen LogP contribution in [0.25, 0.3) is 0 Å². The Morgan fingerprint density at radius 2 is 2.00 bits per heavy atom. The zero-order chi connectivity index (χ0) is 9.40. The monoisotopic (exact) mass is 209 g/mol. The van der Waals surface area contributed by atoms with Crippen LogP contribution >= 0.6 is 23.8 Å². The highest BCUT2D eigenvalue weighted by Gasteiger charge is 2.04. The van der Waals surface area contributed by atoms with Crippen molar-refractivity contribution in [1.29, 1.82) is 0 Å². The Balaban J connectivity index is 3.54. The van der Waals surface area contributed by atoms with Crippen molar-refractivity contribution in [2.24, 2.45) is 0 Å². The molecular formula is C8H16ClNOS. The second-order valence-corrected chi connectivity index (χ2v) is 3.06. The Morgan fingerprint density at radius 1 is 1.42 bits per heavy atom. The van der Waals surface area contributed by atoms with Crippen molar-refractivity contribution in [1.82, 2.24) is 4.90 Å². The zero-order valence-corrected chi connectivity index (χ0v) is 9.25. The van der Waals surface area contributed by atoms with Crippen LogP contribution in [0.15, 0.2) is 0 Å². The minimum atomic E-state index is 0.588. The maximum Gasteiger partial charge on any atom is 0.259 e. The highest BCUT2D eigenvalue weighted by atomic mass is 35.5. The van der Waals surface area contributed by atoms with E-state index in [1.54, 1.807) is 0 Å². The fraction of sp³-hybridized carbons (Fsp3) is 0.875. The summed E-state index contributed by atoms with van der Waals surface area (Å²) in [5.41, 5.74) is 0. The number of hydrogen-bond donors (Lipinski definition) is 0. The molecule has 0 aromatic carbocycles. The first-order valence-electron chi connectivity index (χ1n) is 4.23. The lowest BCUT2D eigenvalue weighted by Gasteiger charge is -2.20. The van der Waals surface area contributed by atoms with Crippen molar-refractivity contribution in [3.8, 4) is 0 Å². The molecule has 0 aliphatic heterocycles. The smallest absolute Gasteiger partial charge is 0.259 e. The van der Waals surface area contributed by atoms with E-state index in [4.69, 9.17) is 28.6 Å². The van der Waals surface area contributed by atoms with Gasteiger partial charge in [0.1, 0.15) is 0 Å². The van der Waals surface area contributed by atoms with Gasteiger partial charge in [-0.25, -0.2) is 0 Å². The van der Waals surface area contributed by atoms with Gasteiger partial charge < -0.3 is 9.64 Å². The summed E-state index contributed by atoms with van der Waals surface area (Å²) in [6, 6.07) is 0. The molecule has 0 unspecified atom stereocenters. The Morgan fingerprint density at radius 3 is 2.42 bits per heavy atom. The van der Waals surface area contributed by atoms with Gasteiger partial charge in [-0.15, -0.1) is 11.6 Å². The molecule has 0 rings (SSSR count). The standard InChI is InChI=1S/C8H16ClNOS/c1-3-10(4-2)8(12)11-7-5-6-9/h3-7H2,1-2H3. The maximum atomic E-state index is 5.50. The van der Waals surface area contributed by atoms with Crippen LogP contribution in [0.2, 0.25) is 0 Å². The molecule has 0 fully saturated rings. The van der Waals surface area contributed by atoms with Crippen LogP contribution in [-0.2, 0) is 4.74 Å². The Kier molecular flexibility index (Phi) is 7.61. The number of nitrogens with zero attached hydrogens (tertiary/aromatic N) is 1. The molecule has 0 radical (unpaired) electrons. The first kappa shape index (κ1) is 12.0. The highest BCUT2D eigenvalue weighted by Crippen LogP contribution is 1.95. The lowest BCUT2D eigenvalue weighted by Crippen LogP contribution is -2.31. The molecule has 12 heavy (non-hydrogen) atoms. The largest absolute Gasteiger partial charge is 0.471 e. The van der Waals surface area contributed by atoms with Gasteiger partial charge in [0.05, 0.1) is 6.61 Å². The predicted octanol–water partition coefficient (Wildman–Crippen LogP) is 2.26. The van der Waals surface area contributed by atoms with Gasteiger partial charge in [0.15, 0.2) is 0 Å². The van der Waals surface area contributed by atoms with Gasteiger partial charge in [0, 0.05) is 19.0 Å². The molecule has 0 aliphatic rings. The first-order valence-corrected chi connectivity index (χ1v) is 5.18. The van der Waals surface area contributed by atoms with Gasteiger partial charge in [-0.3, -0.25) is 0 Å². The quantitative estimate of drug-likeness (QED) is 0.392. The Labute approximate surface area is 84.8 Å². The summed E-state index contributed by atoms with van der Waals surface area (Å²) in [5, 5.41) is 0.588. The summed E-state index contributed by atoms with van der Waals surface area (Å²) in [5.74, 6) is 0.626. The minimum absolute atomic E-state index is 0.588. The lowest BCUT2D eigenvalue weighted by atomic mass is 10.5. The molecule has 0 saturated carbocycles. The van der Waals surface area contributed by atoms with Crippen molar-refractivity contribution >= 4 is 29.0 Å². The molecule has 0 bridgehead atoms. The summed E-state index contributed by atoms with van der Waals surface area (Å²) < 4.78 is 5.30. The molecule has 0 heterocycles. The Bertz CT molecular complexity index is 128. The van der Waals surface area contributed by atoms with E-state index in [9.17, 15) is 0 Å². The summed E-state index contributed by atoms with van der Waals surface area (Å²) in [4.78, 5) is 2.00. The van der Waals surface area contributed by atoms with Gasteiger partial charge >= 0.3 is 0 Å². The number of halogens is 1. The van der Waals surface area contributed by atoms with Gasteiger partial charge in [-0.1, -0.05) is 0 Å². The van der Waals surface area contributed by atoms with Crippen molar-refractivity contribution in [3.63, 3.8) is 0 Å². The average molecular weight is 210 g/mol. The molecule has 0 spiro atoms. The van der Waals surface area contributed by atoms with Crippen LogP contribution in [-0.4, -0.2) is 35.7 Å². The lowest BCUT2D eigenvalue weighted by molar-refractivity contribution is 0.250. The van der Waals surface area contributed by atoms with Crippen LogP contribution < -0.4 is 0 Å². The number of rotatable bonds is 5. The summed E-state index contributed by atoms with van der Waals surface area (Å²) >= 11 is 10.5. The third kappa shape index (κ3) is 4.78. The van der Waals surface area contributed by atoms with E-state index in [-0.39, 0.29) is 0 Å². The summed E-state index contributed by atoms with van der Waals surface area (Å²) in [7, 11) is 0. The number of hydrogen-bond acceptors (Lipinski definition) is 2.